The number of hydrogen-bond donors (Lipinski definition) is 4. The van der Waals surface area contributed by atoms with Crippen LogP contribution in [0.4, 0.5) is 0 Å². The van der Waals surface area contributed by atoms with Crippen molar-refractivity contribution in [3.05, 3.63) is 107 Å². The van der Waals surface area contributed by atoms with E-state index in [9.17, 15) is 9.90 Å². The number of carboxylic acids is 1. The molecule has 0 aliphatic rings. The molecule has 0 saturated carbocycles. The molecule has 0 radical (unpaired) electrons. The van der Waals surface area contributed by atoms with Crippen molar-refractivity contribution in [2.45, 2.75) is 45.4 Å². The number of hydrogen-bond acceptors (Lipinski definition) is 4. The van der Waals surface area contributed by atoms with Gasteiger partial charge in [0.05, 0.1) is 11.7 Å². The van der Waals surface area contributed by atoms with Crippen LogP contribution in [0.25, 0.3) is 0 Å². The first-order valence-electron chi connectivity index (χ1n) is 11.6. The Bertz CT molecular complexity index is 873. The zero-order chi connectivity index (χ0) is 23.7. The molecule has 0 heterocycles. The standard InChI is InChI=1S/C16H20N2.C12H16O3/c1-3-7-15(8-4-1)13-17-11-12-18-14-16-9-5-2-6-10-16;1-2-3-8-11(13)9-6-4-5-7-10(9)12(14)15/h1-10,17-18H,11-14H2;4-7,11,13H,2-3,8H2,1H3,(H,14,15). The molecule has 1 atom stereocenters. The first-order valence-corrected chi connectivity index (χ1v) is 11.6. The van der Waals surface area contributed by atoms with Crippen molar-refractivity contribution in [3.8, 4) is 0 Å². The van der Waals surface area contributed by atoms with Gasteiger partial charge in [-0.05, 0) is 29.2 Å². The maximum absolute atomic E-state index is 10.9. The number of carbonyl (C=O) groups is 1. The van der Waals surface area contributed by atoms with Crippen LogP contribution in [0.3, 0.4) is 0 Å². The summed E-state index contributed by atoms with van der Waals surface area (Å²) in [6, 6.07) is 27.6. The molecule has 1 unspecified atom stereocenters. The first kappa shape index (κ1) is 26.3. The van der Waals surface area contributed by atoms with E-state index in [-0.39, 0.29) is 5.56 Å². The van der Waals surface area contributed by atoms with E-state index in [4.69, 9.17) is 5.11 Å². The van der Waals surface area contributed by atoms with Crippen LogP contribution in [0.1, 0.15) is 59.3 Å². The van der Waals surface area contributed by atoms with Crippen LogP contribution in [-0.4, -0.2) is 29.3 Å². The second-order valence-electron chi connectivity index (χ2n) is 7.88. The van der Waals surface area contributed by atoms with E-state index in [1.54, 1.807) is 18.2 Å². The number of aliphatic hydroxyl groups is 1. The second-order valence-corrected chi connectivity index (χ2v) is 7.88. The molecule has 3 rings (SSSR count). The molecule has 33 heavy (non-hydrogen) atoms. The molecule has 176 valence electrons. The van der Waals surface area contributed by atoms with Crippen LogP contribution in [0.2, 0.25) is 0 Å². The minimum Gasteiger partial charge on any atom is -0.478 e. The molecule has 5 nitrogen and oxygen atoms in total. The van der Waals surface area contributed by atoms with E-state index in [0.29, 0.717) is 12.0 Å². The summed E-state index contributed by atoms with van der Waals surface area (Å²) in [5.74, 6) is -0.985. The highest BCUT2D eigenvalue weighted by molar-refractivity contribution is 5.89. The Morgan fingerprint density at radius 3 is 1.76 bits per heavy atom. The van der Waals surface area contributed by atoms with E-state index in [1.807, 2.05) is 19.1 Å². The smallest absolute Gasteiger partial charge is 0.336 e. The average molecular weight is 449 g/mol. The molecule has 0 bridgehead atoms. The molecule has 4 N–H and O–H groups in total. The van der Waals surface area contributed by atoms with Crippen LogP contribution in [0, 0.1) is 0 Å². The maximum Gasteiger partial charge on any atom is 0.336 e. The molecule has 3 aromatic rings. The van der Waals surface area contributed by atoms with Crippen LogP contribution in [-0.2, 0) is 13.1 Å². The molecular weight excluding hydrogens is 412 g/mol. The fraction of sp³-hybridized carbons (Fsp3) is 0.321. The number of nitrogens with one attached hydrogen (secondary N) is 2. The van der Waals surface area contributed by atoms with Gasteiger partial charge in [-0.2, -0.15) is 0 Å². The first-order chi connectivity index (χ1) is 16.1. The molecule has 5 heteroatoms. The van der Waals surface area contributed by atoms with Gasteiger partial charge in [0.25, 0.3) is 0 Å². The Kier molecular flexibility index (Phi) is 12.5. The number of benzene rings is 3. The Hall–Kier alpha value is -2.99. The molecule has 0 amide bonds. The maximum atomic E-state index is 10.9. The van der Waals surface area contributed by atoms with Crippen LogP contribution < -0.4 is 10.6 Å². The Morgan fingerprint density at radius 2 is 1.27 bits per heavy atom. The highest BCUT2D eigenvalue weighted by Crippen LogP contribution is 2.22. The largest absolute Gasteiger partial charge is 0.478 e. The summed E-state index contributed by atoms with van der Waals surface area (Å²) < 4.78 is 0. The van der Waals surface area contributed by atoms with Crippen molar-refractivity contribution < 1.29 is 15.0 Å². The third-order valence-electron chi connectivity index (χ3n) is 5.20. The van der Waals surface area contributed by atoms with Crippen molar-refractivity contribution in [2.24, 2.45) is 0 Å². The lowest BCUT2D eigenvalue weighted by Gasteiger charge is -2.12. The lowest BCUT2D eigenvalue weighted by Crippen LogP contribution is -2.26. The fourth-order valence-electron chi connectivity index (χ4n) is 3.37. The SMILES string of the molecule is CCCCC(O)c1ccccc1C(=O)O.c1ccc(CNCCNCc2ccccc2)cc1. The summed E-state index contributed by atoms with van der Waals surface area (Å²) >= 11 is 0. The second kappa shape index (κ2) is 15.8. The number of rotatable bonds is 12. The average Bonchev–Trinajstić information content (AvgIpc) is 2.86. The number of aliphatic hydroxyl groups excluding tert-OH is 1. The van der Waals surface area contributed by atoms with Gasteiger partial charge in [-0.15, -0.1) is 0 Å². The van der Waals surface area contributed by atoms with E-state index in [0.717, 1.165) is 39.0 Å². The zero-order valence-corrected chi connectivity index (χ0v) is 19.4. The molecule has 0 aliphatic heterocycles. The van der Waals surface area contributed by atoms with Gasteiger partial charge >= 0.3 is 5.97 Å². The number of aromatic carboxylic acids is 1. The topological polar surface area (TPSA) is 81.6 Å². The van der Waals surface area contributed by atoms with Gasteiger partial charge < -0.3 is 20.8 Å². The molecule has 0 aromatic heterocycles. The molecule has 0 spiro atoms. The Balaban J connectivity index is 0.000000238. The molecule has 3 aromatic carbocycles. The summed E-state index contributed by atoms with van der Waals surface area (Å²) in [6.45, 7) is 5.89. The van der Waals surface area contributed by atoms with Crippen LogP contribution in [0.15, 0.2) is 84.9 Å². The zero-order valence-electron chi connectivity index (χ0n) is 19.4. The minimum atomic E-state index is -0.985. The normalized spacial score (nSPS) is 11.3. The van der Waals surface area contributed by atoms with Gasteiger partial charge in [-0.25, -0.2) is 4.79 Å². The third-order valence-corrected chi connectivity index (χ3v) is 5.20. The molecule has 0 saturated heterocycles. The van der Waals surface area contributed by atoms with Crippen molar-refractivity contribution in [1.29, 1.82) is 0 Å². The van der Waals surface area contributed by atoms with Crippen molar-refractivity contribution in [1.82, 2.24) is 10.6 Å². The highest BCUT2D eigenvalue weighted by Gasteiger charge is 2.15. The van der Waals surface area contributed by atoms with E-state index >= 15 is 0 Å². The fourth-order valence-corrected chi connectivity index (χ4v) is 3.37. The third kappa shape index (κ3) is 10.4. The van der Waals surface area contributed by atoms with E-state index in [1.165, 1.54) is 17.2 Å². The van der Waals surface area contributed by atoms with Crippen molar-refractivity contribution >= 4 is 5.97 Å². The van der Waals surface area contributed by atoms with Crippen molar-refractivity contribution in [3.63, 3.8) is 0 Å². The Labute approximate surface area is 197 Å². The summed E-state index contributed by atoms with van der Waals surface area (Å²) in [7, 11) is 0. The summed E-state index contributed by atoms with van der Waals surface area (Å²) in [5.41, 5.74) is 3.38. The number of carboxylic acid groups (broad SMARTS) is 1. The van der Waals surface area contributed by atoms with E-state index < -0.39 is 12.1 Å². The predicted octanol–water partition coefficient (Wildman–Crippen LogP) is 5.17. The van der Waals surface area contributed by atoms with Crippen LogP contribution >= 0.6 is 0 Å². The molecule has 0 aliphatic carbocycles. The molecular formula is C28H36N2O3. The van der Waals surface area contributed by atoms with Crippen molar-refractivity contribution in [2.75, 3.05) is 13.1 Å². The highest BCUT2D eigenvalue weighted by atomic mass is 16.4. The van der Waals surface area contributed by atoms with Crippen LogP contribution in [0.5, 0.6) is 0 Å². The van der Waals surface area contributed by atoms with Gasteiger partial charge in [-0.1, -0.05) is 98.6 Å². The Morgan fingerprint density at radius 1 is 0.788 bits per heavy atom. The van der Waals surface area contributed by atoms with Gasteiger partial charge in [0.2, 0.25) is 0 Å². The summed E-state index contributed by atoms with van der Waals surface area (Å²) in [6.07, 6.45) is 1.83. The summed E-state index contributed by atoms with van der Waals surface area (Å²) in [4.78, 5) is 10.9. The number of unbranched alkanes of at least 4 members (excludes halogenated alkanes) is 1. The lowest BCUT2D eigenvalue weighted by atomic mass is 9.99. The monoisotopic (exact) mass is 448 g/mol. The summed E-state index contributed by atoms with van der Waals surface area (Å²) in [5, 5.41) is 25.6. The van der Waals surface area contributed by atoms with E-state index in [2.05, 4.69) is 59.2 Å². The van der Waals surface area contributed by atoms with Gasteiger partial charge in [-0.3, -0.25) is 0 Å². The quantitative estimate of drug-likeness (QED) is 0.287. The van der Waals surface area contributed by atoms with Gasteiger partial charge in [0.1, 0.15) is 0 Å². The lowest BCUT2D eigenvalue weighted by molar-refractivity contribution is 0.0688. The minimum absolute atomic E-state index is 0.195. The van der Waals surface area contributed by atoms with Gasteiger partial charge in [0, 0.05) is 26.2 Å². The predicted molar refractivity (Wildman–Crippen MR) is 134 cm³/mol. The van der Waals surface area contributed by atoms with Gasteiger partial charge in [0.15, 0.2) is 0 Å². The molecule has 0 fully saturated rings.